The molecule has 2 aromatic heterocycles. The Balaban J connectivity index is 0.000000521. The second kappa shape index (κ2) is 15.0. The molecule has 0 saturated carbocycles. The van der Waals surface area contributed by atoms with Crippen molar-refractivity contribution in [3.05, 3.63) is 65.6 Å². The number of rotatable bonds is 12. The first-order valence-corrected chi connectivity index (χ1v) is 12.2. The number of amides is 1. The molecule has 0 radical (unpaired) electrons. The van der Waals surface area contributed by atoms with Crippen molar-refractivity contribution in [1.29, 1.82) is 0 Å². The summed E-state index contributed by atoms with van der Waals surface area (Å²) in [5.74, 6) is 0.740. The van der Waals surface area contributed by atoms with Crippen LogP contribution in [0.3, 0.4) is 0 Å². The number of carbonyl (C=O) groups is 2. The van der Waals surface area contributed by atoms with Crippen LogP contribution in [-0.2, 0) is 27.5 Å². The largest absolute Gasteiger partial charge is 0.443 e. The van der Waals surface area contributed by atoms with Gasteiger partial charge in [-0.05, 0) is 51.6 Å². The van der Waals surface area contributed by atoms with Gasteiger partial charge in [-0.3, -0.25) is 14.5 Å². The van der Waals surface area contributed by atoms with Crippen LogP contribution < -0.4 is 22.1 Å². The van der Waals surface area contributed by atoms with E-state index in [4.69, 9.17) is 20.9 Å². The molecule has 0 aliphatic heterocycles. The molecule has 11 nitrogen and oxygen atoms in total. The fraction of sp³-hybridized carbons (Fsp3) is 0.462. The third-order valence-electron chi connectivity index (χ3n) is 5.71. The molecule has 2 atom stereocenters. The Morgan fingerprint density at radius 1 is 1.11 bits per heavy atom. The third kappa shape index (κ3) is 9.54. The van der Waals surface area contributed by atoms with E-state index >= 15 is 0 Å². The van der Waals surface area contributed by atoms with Crippen molar-refractivity contribution in [2.24, 2.45) is 11.5 Å². The lowest BCUT2D eigenvalue weighted by molar-refractivity contribution is -0.122. The maximum Gasteiger partial charge on any atom is 0.407 e. The van der Waals surface area contributed by atoms with Crippen LogP contribution in [0.25, 0.3) is 5.65 Å². The number of hydrogen-bond acceptors (Lipinski definition) is 9. The third-order valence-corrected chi connectivity index (χ3v) is 5.71. The van der Waals surface area contributed by atoms with E-state index in [9.17, 15) is 9.59 Å². The first kappa shape index (κ1) is 29.8. The molecule has 37 heavy (non-hydrogen) atoms. The quantitative estimate of drug-likeness (QED) is 0.210. The van der Waals surface area contributed by atoms with E-state index in [-0.39, 0.29) is 18.3 Å². The molecule has 1 aromatic carbocycles. The Kier molecular flexibility index (Phi) is 12.1. The van der Waals surface area contributed by atoms with Gasteiger partial charge in [0.05, 0.1) is 18.9 Å². The Labute approximate surface area is 217 Å². The van der Waals surface area contributed by atoms with Gasteiger partial charge in [0.15, 0.2) is 11.4 Å². The van der Waals surface area contributed by atoms with Crippen molar-refractivity contribution in [2.45, 2.75) is 52.0 Å². The van der Waals surface area contributed by atoms with Gasteiger partial charge < -0.3 is 26.3 Å². The molecule has 3 aromatic rings. The molecule has 0 saturated heterocycles. The lowest BCUT2D eigenvalue weighted by Gasteiger charge is -2.19. The number of pyridine rings is 1. The molecule has 0 spiro atoms. The van der Waals surface area contributed by atoms with E-state index in [0.29, 0.717) is 38.4 Å². The molecule has 0 bridgehead atoms. The second-order valence-corrected chi connectivity index (χ2v) is 8.82. The summed E-state index contributed by atoms with van der Waals surface area (Å²) in [6.45, 7) is 7.31. The maximum atomic E-state index is 11.8. The molecule has 202 valence electrons. The fourth-order valence-corrected chi connectivity index (χ4v) is 3.12. The van der Waals surface area contributed by atoms with E-state index in [1.807, 2.05) is 59.9 Å². The normalized spacial score (nSPS) is 13.2. The molecule has 3 rings (SSSR count). The number of nitrogens with two attached hydrogens (primary N) is 2. The van der Waals surface area contributed by atoms with Crippen molar-refractivity contribution in [3.8, 4) is 0 Å². The number of ether oxygens (including phenoxy) is 2. The zero-order valence-corrected chi connectivity index (χ0v) is 22.1. The topological polar surface area (TPSA) is 159 Å². The van der Waals surface area contributed by atoms with Crippen molar-refractivity contribution in [3.63, 3.8) is 0 Å². The van der Waals surface area contributed by atoms with E-state index < -0.39 is 11.8 Å². The lowest BCUT2D eigenvalue weighted by atomic mass is 10.1. The van der Waals surface area contributed by atoms with Crippen LogP contribution in [0, 0.1) is 0 Å². The summed E-state index contributed by atoms with van der Waals surface area (Å²) in [4.78, 5) is 22.3. The minimum atomic E-state index is -0.847. The van der Waals surface area contributed by atoms with Gasteiger partial charge in [0.25, 0.3) is 0 Å². The zero-order valence-electron chi connectivity index (χ0n) is 22.1. The SMILES string of the molecule is CC(COCc1ccccc1)c1nnc2cccc(COC(=O)NCCCN)n12.CNC(C)(N)C(C)=O. The molecule has 0 fully saturated rings. The van der Waals surface area contributed by atoms with Crippen molar-refractivity contribution >= 4 is 17.5 Å². The minimum absolute atomic E-state index is 0.0215. The number of nitrogens with zero attached hydrogens (tertiary/aromatic N) is 3. The number of ketones is 1. The van der Waals surface area contributed by atoms with E-state index in [1.54, 1.807) is 14.0 Å². The highest BCUT2D eigenvalue weighted by molar-refractivity contribution is 5.84. The van der Waals surface area contributed by atoms with E-state index in [1.165, 1.54) is 6.92 Å². The number of hydrogen-bond donors (Lipinski definition) is 4. The van der Waals surface area contributed by atoms with Crippen molar-refractivity contribution in [1.82, 2.24) is 25.2 Å². The summed E-state index contributed by atoms with van der Waals surface area (Å²) in [7, 11) is 1.65. The molecular formula is C26H39N7O4. The number of nitrogens with one attached hydrogen (secondary N) is 2. The van der Waals surface area contributed by atoms with Crippen LogP contribution in [-0.4, -0.2) is 58.9 Å². The summed E-state index contributed by atoms with van der Waals surface area (Å²) >= 11 is 0. The number of alkyl carbamates (subject to hydrolysis) is 1. The Hall–Kier alpha value is -3.38. The Bertz CT molecular complexity index is 1120. The van der Waals surface area contributed by atoms with Crippen LogP contribution in [0.1, 0.15) is 50.2 Å². The average molecular weight is 514 g/mol. The summed E-state index contributed by atoms with van der Waals surface area (Å²) in [6.07, 6.45) is 0.241. The molecule has 1 amide bonds. The lowest BCUT2D eigenvalue weighted by Crippen LogP contribution is -2.54. The van der Waals surface area contributed by atoms with Gasteiger partial charge in [0.2, 0.25) is 0 Å². The first-order chi connectivity index (χ1) is 17.7. The fourth-order valence-electron chi connectivity index (χ4n) is 3.12. The van der Waals surface area contributed by atoms with Gasteiger partial charge >= 0.3 is 6.09 Å². The highest BCUT2D eigenvalue weighted by Crippen LogP contribution is 2.18. The Morgan fingerprint density at radius 2 is 1.84 bits per heavy atom. The van der Waals surface area contributed by atoms with Crippen LogP contribution in [0.2, 0.25) is 0 Å². The van der Waals surface area contributed by atoms with Gasteiger partial charge in [-0.2, -0.15) is 0 Å². The van der Waals surface area contributed by atoms with Gasteiger partial charge in [0, 0.05) is 12.5 Å². The highest BCUT2D eigenvalue weighted by Gasteiger charge is 2.20. The molecule has 0 aliphatic carbocycles. The van der Waals surface area contributed by atoms with Crippen LogP contribution in [0.4, 0.5) is 4.79 Å². The van der Waals surface area contributed by atoms with Gasteiger partial charge in [-0.1, -0.05) is 43.3 Å². The molecule has 11 heteroatoms. The summed E-state index contributed by atoms with van der Waals surface area (Å²) in [5, 5.41) is 13.9. The molecular weight excluding hydrogens is 474 g/mol. The highest BCUT2D eigenvalue weighted by atomic mass is 16.5. The summed E-state index contributed by atoms with van der Waals surface area (Å²) in [5.41, 5.74) is 12.6. The average Bonchev–Trinajstić information content (AvgIpc) is 3.33. The molecule has 2 heterocycles. The standard InChI is InChI=1S/C21H27N5O3.C5H12N2O/c1-16(13-28-14-17-7-3-2-4-8-17)20-25-24-19-10-5-9-18(26(19)20)15-29-21(27)23-12-6-11-22;1-4(8)5(2,6)7-3/h2-5,7-10,16H,6,11-15,22H2,1H3,(H,23,27);7H,6H2,1-3H3. The predicted octanol–water partition coefficient (Wildman–Crippen LogP) is 2.09. The smallest absolute Gasteiger partial charge is 0.407 e. The first-order valence-electron chi connectivity index (χ1n) is 12.2. The number of carbonyl (C=O) groups excluding carboxylic acids is 2. The monoisotopic (exact) mass is 513 g/mol. The predicted molar refractivity (Wildman–Crippen MR) is 142 cm³/mol. The number of fused-ring (bicyclic) bond motifs is 1. The molecule has 6 N–H and O–H groups in total. The zero-order chi connectivity index (χ0) is 27.3. The van der Waals surface area contributed by atoms with Crippen LogP contribution >= 0.6 is 0 Å². The summed E-state index contributed by atoms with van der Waals surface area (Å²) < 4.78 is 13.1. The van der Waals surface area contributed by atoms with Gasteiger partial charge in [-0.15, -0.1) is 10.2 Å². The van der Waals surface area contributed by atoms with Crippen LogP contribution in [0.15, 0.2) is 48.5 Å². The maximum absolute atomic E-state index is 11.8. The van der Waals surface area contributed by atoms with Gasteiger partial charge in [-0.25, -0.2) is 4.79 Å². The molecule has 2 unspecified atom stereocenters. The second-order valence-electron chi connectivity index (χ2n) is 8.82. The number of aromatic nitrogens is 3. The number of Topliss-reactive ketones (excluding diaryl/α,β-unsaturated/α-hetero) is 1. The Morgan fingerprint density at radius 3 is 2.46 bits per heavy atom. The number of benzene rings is 1. The number of likely N-dealkylation sites (N-methyl/N-ethyl adjacent to an activating group) is 1. The van der Waals surface area contributed by atoms with Crippen molar-refractivity contribution in [2.75, 3.05) is 26.7 Å². The van der Waals surface area contributed by atoms with E-state index in [2.05, 4.69) is 20.8 Å². The van der Waals surface area contributed by atoms with Crippen molar-refractivity contribution < 1.29 is 19.1 Å². The van der Waals surface area contributed by atoms with E-state index in [0.717, 1.165) is 17.1 Å². The molecule has 0 aliphatic rings. The summed E-state index contributed by atoms with van der Waals surface area (Å²) in [6, 6.07) is 15.7. The minimum Gasteiger partial charge on any atom is -0.443 e. The van der Waals surface area contributed by atoms with Gasteiger partial charge in [0.1, 0.15) is 18.1 Å². The van der Waals surface area contributed by atoms with Crippen LogP contribution in [0.5, 0.6) is 0 Å².